The first-order valence-corrected chi connectivity index (χ1v) is 7.72. The molecule has 7 nitrogen and oxygen atoms in total. The number of carbonyl (C=O) groups excluding carboxylic acids is 2. The minimum atomic E-state index is -0.358. The number of rotatable bonds is 6. The molecule has 0 aliphatic heterocycles. The fourth-order valence-electron chi connectivity index (χ4n) is 1.85. The molecule has 3 heterocycles. The highest BCUT2D eigenvalue weighted by Crippen LogP contribution is 2.24. The number of carbonyl (C=O) groups is 2. The molecule has 0 unspecified atom stereocenters. The highest BCUT2D eigenvalue weighted by atomic mass is 32.1. The Bertz CT molecular complexity index is 778. The number of furan rings is 1. The maximum atomic E-state index is 11.9. The summed E-state index contributed by atoms with van der Waals surface area (Å²) in [6.45, 7) is 0.549. The summed E-state index contributed by atoms with van der Waals surface area (Å²) in [6, 6.07) is 8.56. The summed E-state index contributed by atoms with van der Waals surface area (Å²) >= 11 is 1.50. The molecule has 3 rings (SSSR count). The highest BCUT2D eigenvalue weighted by molar-refractivity contribution is 7.13. The molecule has 0 radical (unpaired) electrons. The van der Waals surface area contributed by atoms with Gasteiger partial charge in [0.2, 0.25) is 0 Å². The Hall–Kier alpha value is -2.87. The topological polar surface area (TPSA) is 97.4 Å². The number of hydrogen-bond donors (Lipinski definition) is 2. The number of nitrogens with one attached hydrogen (secondary N) is 2. The van der Waals surface area contributed by atoms with Crippen LogP contribution in [-0.2, 0) is 0 Å². The second-order valence-electron chi connectivity index (χ2n) is 4.54. The SMILES string of the molecule is O=C(NCCNC(=O)c1ccco1)c1cc(-c2cccs2)on1. The van der Waals surface area contributed by atoms with Crippen molar-refractivity contribution >= 4 is 23.2 Å². The Labute approximate surface area is 135 Å². The van der Waals surface area contributed by atoms with Gasteiger partial charge in [-0.3, -0.25) is 9.59 Å². The van der Waals surface area contributed by atoms with Crippen LogP contribution in [0, 0.1) is 0 Å². The zero-order valence-corrected chi connectivity index (χ0v) is 12.8. The minimum Gasteiger partial charge on any atom is -0.459 e. The summed E-state index contributed by atoms with van der Waals surface area (Å²) < 4.78 is 10.1. The Morgan fingerprint density at radius 3 is 2.65 bits per heavy atom. The predicted octanol–water partition coefficient (Wildman–Crippen LogP) is 2.16. The van der Waals surface area contributed by atoms with Crippen LogP contribution in [0.4, 0.5) is 0 Å². The quantitative estimate of drug-likeness (QED) is 0.675. The Morgan fingerprint density at radius 2 is 1.96 bits per heavy atom. The normalized spacial score (nSPS) is 10.4. The van der Waals surface area contributed by atoms with Crippen molar-refractivity contribution < 1.29 is 18.5 Å². The summed E-state index contributed by atoms with van der Waals surface area (Å²) in [4.78, 5) is 24.5. The van der Waals surface area contributed by atoms with Crippen molar-refractivity contribution in [1.82, 2.24) is 15.8 Å². The summed E-state index contributed by atoms with van der Waals surface area (Å²) in [5.41, 5.74) is 0.200. The van der Waals surface area contributed by atoms with Crippen LogP contribution in [0.2, 0.25) is 0 Å². The standard InChI is InChI=1S/C15H13N3O4S/c19-14(10-9-12(22-18-10)13-4-2-8-23-13)16-5-6-17-15(20)11-3-1-7-21-11/h1-4,7-9H,5-6H2,(H,16,19)(H,17,20). The van der Waals surface area contributed by atoms with E-state index in [4.69, 9.17) is 8.94 Å². The third-order valence-corrected chi connectivity index (χ3v) is 3.83. The summed E-state index contributed by atoms with van der Waals surface area (Å²) in [7, 11) is 0. The van der Waals surface area contributed by atoms with Crippen molar-refractivity contribution in [3.05, 3.63) is 53.4 Å². The average Bonchev–Trinajstić information content (AvgIpc) is 3.32. The van der Waals surface area contributed by atoms with Crippen LogP contribution in [0.15, 0.2) is 50.9 Å². The molecule has 0 fully saturated rings. The van der Waals surface area contributed by atoms with E-state index in [1.807, 2.05) is 17.5 Å². The number of amides is 2. The van der Waals surface area contributed by atoms with Crippen LogP contribution in [0.25, 0.3) is 10.6 Å². The molecule has 0 atom stereocenters. The van der Waals surface area contributed by atoms with Gasteiger partial charge in [0.1, 0.15) is 0 Å². The Kier molecular flexibility index (Phi) is 4.53. The smallest absolute Gasteiger partial charge is 0.287 e. The van der Waals surface area contributed by atoms with Gasteiger partial charge in [0, 0.05) is 19.2 Å². The Balaban J connectivity index is 1.45. The third-order valence-electron chi connectivity index (χ3n) is 2.95. The molecule has 0 bridgehead atoms. The van der Waals surface area contributed by atoms with Gasteiger partial charge in [-0.05, 0) is 23.6 Å². The first-order valence-electron chi connectivity index (χ1n) is 6.84. The molecule has 2 N–H and O–H groups in total. The van der Waals surface area contributed by atoms with Crippen molar-refractivity contribution in [2.24, 2.45) is 0 Å². The molecule has 0 aliphatic carbocycles. The van der Waals surface area contributed by atoms with Crippen LogP contribution in [0.5, 0.6) is 0 Å². The number of nitrogens with zero attached hydrogens (tertiary/aromatic N) is 1. The van der Waals surface area contributed by atoms with E-state index in [0.29, 0.717) is 5.76 Å². The van der Waals surface area contributed by atoms with Crippen LogP contribution in [0.3, 0.4) is 0 Å². The molecule has 2 amide bonds. The van der Waals surface area contributed by atoms with E-state index in [1.54, 1.807) is 18.2 Å². The van der Waals surface area contributed by atoms with Gasteiger partial charge < -0.3 is 19.6 Å². The fourth-order valence-corrected chi connectivity index (χ4v) is 2.53. The minimum absolute atomic E-state index is 0.200. The maximum Gasteiger partial charge on any atom is 0.287 e. The monoisotopic (exact) mass is 331 g/mol. The first-order chi connectivity index (χ1) is 11.2. The number of aromatic nitrogens is 1. The van der Waals surface area contributed by atoms with E-state index >= 15 is 0 Å². The van der Waals surface area contributed by atoms with E-state index in [1.165, 1.54) is 17.6 Å². The van der Waals surface area contributed by atoms with Gasteiger partial charge in [0.25, 0.3) is 11.8 Å². The molecule has 0 aliphatic rings. The molecule has 3 aromatic heterocycles. The van der Waals surface area contributed by atoms with Gasteiger partial charge in [0.05, 0.1) is 11.1 Å². The molecule has 3 aromatic rings. The van der Waals surface area contributed by atoms with Crippen molar-refractivity contribution in [2.75, 3.05) is 13.1 Å². The van der Waals surface area contributed by atoms with Gasteiger partial charge in [-0.2, -0.15) is 0 Å². The lowest BCUT2D eigenvalue weighted by atomic mass is 10.3. The van der Waals surface area contributed by atoms with E-state index < -0.39 is 0 Å². The molecule has 23 heavy (non-hydrogen) atoms. The van der Waals surface area contributed by atoms with Gasteiger partial charge in [-0.15, -0.1) is 11.3 Å². The van der Waals surface area contributed by atoms with Crippen LogP contribution in [0.1, 0.15) is 21.0 Å². The molecule has 0 saturated heterocycles. The molecule has 8 heteroatoms. The molecular weight excluding hydrogens is 318 g/mol. The zero-order valence-electron chi connectivity index (χ0n) is 11.9. The lowest BCUT2D eigenvalue weighted by molar-refractivity contribution is 0.0908. The molecule has 0 aromatic carbocycles. The van der Waals surface area contributed by atoms with Crippen LogP contribution in [-0.4, -0.2) is 30.1 Å². The zero-order chi connectivity index (χ0) is 16.1. The number of hydrogen-bond acceptors (Lipinski definition) is 6. The van der Waals surface area contributed by atoms with Crippen molar-refractivity contribution in [2.45, 2.75) is 0 Å². The predicted molar refractivity (Wildman–Crippen MR) is 83.2 cm³/mol. The van der Waals surface area contributed by atoms with E-state index in [-0.39, 0.29) is 36.4 Å². The lowest BCUT2D eigenvalue weighted by Gasteiger charge is -2.04. The van der Waals surface area contributed by atoms with E-state index in [0.717, 1.165) is 4.88 Å². The number of thiophene rings is 1. The van der Waals surface area contributed by atoms with Crippen LogP contribution < -0.4 is 10.6 Å². The molecule has 118 valence electrons. The summed E-state index contributed by atoms with van der Waals surface area (Å²) in [5, 5.41) is 10.9. The van der Waals surface area contributed by atoms with Crippen LogP contribution >= 0.6 is 11.3 Å². The van der Waals surface area contributed by atoms with E-state index in [9.17, 15) is 9.59 Å². The average molecular weight is 331 g/mol. The van der Waals surface area contributed by atoms with E-state index in [2.05, 4.69) is 15.8 Å². The van der Waals surface area contributed by atoms with Gasteiger partial charge >= 0.3 is 0 Å². The van der Waals surface area contributed by atoms with Gasteiger partial charge in [-0.25, -0.2) is 0 Å². The summed E-state index contributed by atoms with van der Waals surface area (Å²) in [5.74, 6) is 0.0964. The van der Waals surface area contributed by atoms with Crippen molar-refractivity contribution in [1.29, 1.82) is 0 Å². The van der Waals surface area contributed by atoms with Crippen molar-refractivity contribution in [3.8, 4) is 10.6 Å². The Morgan fingerprint density at radius 1 is 1.13 bits per heavy atom. The van der Waals surface area contributed by atoms with Crippen molar-refractivity contribution in [3.63, 3.8) is 0 Å². The fraction of sp³-hybridized carbons (Fsp3) is 0.133. The molecule has 0 spiro atoms. The lowest BCUT2D eigenvalue weighted by Crippen LogP contribution is -2.34. The summed E-state index contributed by atoms with van der Waals surface area (Å²) in [6.07, 6.45) is 1.42. The third kappa shape index (κ3) is 3.67. The van der Waals surface area contributed by atoms with Gasteiger partial charge in [0.15, 0.2) is 17.2 Å². The molecular formula is C15H13N3O4S. The maximum absolute atomic E-state index is 11.9. The second-order valence-corrected chi connectivity index (χ2v) is 5.49. The first kappa shape index (κ1) is 15.0. The second kappa shape index (κ2) is 6.93. The van der Waals surface area contributed by atoms with Gasteiger partial charge in [-0.1, -0.05) is 11.2 Å². The molecule has 0 saturated carbocycles. The largest absolute Gasteiger partial charge is 0.459 e. The highest BCUT2D eigenvalue weighted by Gasteiger charge is 2.14.